The second-order valence-electron chi connectivity index (χ2n) is 5.05. The smallest absolute Gasteiger partial charge is 0.0349 e. The molecule has 2 unspecified atom stereocenters. The van der Waals surface area contributed by atoms with Crippen molar-refractivity contribution in [2.24, 2.45) is 0 Å². The number of hydrogen-bond acceptors (Lipinski definition) is 1. The van der Waals surface area contributed by atoms with E-state index in [9.17, 15) is 0 Å². The summed E-state index contributed by atoms with van der Waals surface area (Å²) in [7, 11) is 0. The Morgan fingerprint density at radius 3 is 2.05 bits per heavy atom. The van der Waals surface area contributed by atoms with Crippen LogP contribution in [0.2, 0.25) is 0 Å². The summed E-state index contributed by atoms with van der Waals surface area (Å²) < 4.78 is 0. The number of thioether (sulfide) groups is 1. The molecule has 0 nitrogen and oxygen atoms in total. The van der Waals surface area contributed by atoms with Crippen LogP contribution in [0.1, 0.15) is 35.6 Å². The van der Waals surface area contributed by atoms with E-state index in [1.807, 2.05) is 11.8 Å². The molecule has 19 heavy (non-hydrogen) atoms. The van der Waals surface area contributed by atoms with Crippen molar-refractivity contribution in [2.75, 3.05) is 0 Å². The molecule has 0 N–H and O–H groups in total. The Labute approximate surface area is 119 Å². The lowest BCUT2D eigenvalue weighted by molar-refractivity contribution is 0.713. The summed E-state index contributed by atoms with van der Waals surface area (Å²) in [5, 5.41) is 0.580. The van der Waals surface area contributed by atoms with Gasteiger partial charge in [0.25, 0.3) is 0 Å². The molecule has 0 fully saturated rings. The van der Waals surface area contributed by atoms with Crippen molar-refractivity contribution < 1.29 is 0 Å². The third-order valence-electron chi connectivity index (χ3n) is 3.63. The highest BCUT2D eigenvalue weighted by Gasteiger charge is 2.23. The second kappa shape index (κ2) is 5.66. The largest absolute Gasteiger partial charge is 0.123 e. The maximum atomic E-state index is 2.42. The van der Waals surface area contributed by atoms with Gasteiger partial charge in [0, 0.05) is 11.2 Å². The van der Waals surface area contributed by atoms with Crippen LogP contribution < -0.4 is 0 Å². The second-order valence-corrected chi connectivity index (χ2v) is 6.50. The molecule has 1 aliphatic rings. The fourth-order valence-corrected chi connectivity index (χ4v) is 3.99. The maximum absolute atomic E-state index is 2.42. The molecule has 2 aromatic carbocycles. The molecule has 3 rings (SSSR count). The van der Waals surface area contributed by atoms with Crippen molar-refractivity contribution >= 4 is 11.8 Å². The van der Waals surface area contributed by atoms with Gasteiger partial charge in [-0.15, -0.1) is 11.8 Å². The summed E-state index contributed by atoms with van der Waals surface area (Å²) in [6.07, 6.45) is 3.61. The van der Waals surface area contributed by atoms with Gasteiger partial charge in [-0.2, -0.15) is 0 Å². The zero-order chi connectivity index (χ0) is 13.1. The van der Waals surface area contributed by atoms with E-state index < -0.39 is 0 Å². The van der Waals surface area contributed by atoms with Gasteiger partial charge >= 0.3 is 0 Å². The Morgan fingerprint density at radius 2 is 1.42 bits per heavy atom. The predicted molar refractivity (Wildman–Crippen MR) is 84.3 cm³/mol. The van der Waals surface area contributed by atoms with Crippen LogP contribution in [0, 0.1) is 0 Å². The van der Waals surface area contributed by atoms with Crippen molar-refractivity contribution in [3.8, 4) is 0 Å². The Morgan fingerprint density at radius 1 is 0.842 bits per heavy atom. The zero-order valence-corrected chi connectivity index (χ0v) is 11.9. The minimum Gasteiger partial charge on any atom is -0.123 e. The first-order valence-corrected chi connectivity index (χ1v) is 7.66. The van der Waals surface area contributed by atoms with E-state index in [1.54, 1.807) is 0 Å². The lowest BCUT2D eigenvalue weighted by Gasteiger charge is -2.27. The van der Waals surface area contributed by atoms with E-state index in [0.717, 1.165) is 0 Å². The molecule has 2 atom stereocenters. The fourth-order valence-electron chi connectivity index (χ4n) is 2.70. The Kier molecular flexibility index (Phi) is 3.74. The van der Waals surface area contributed by atoms with Crippen molar-refractivity contribution in [2.45, 2.75) is 24.5 Å². The van der Waals surface area contributed by atoms with Gasteiger partial charge in [-0.1, -0.05) is 66.7 Å². The molecule has 0 saturated heterocycles. The topological polar surface area (TPSA) is 0 Å². The summed E-state index contributed by atoms with van der Waals surface area (Å²) in [6, 6.07) is 21.7. The van der Waals surface area contributed by atoms with Crippen LogP contribution >= 0.6 is 11.8 Å². The molecule has 0 amide bonds. The average Bonchev–Trinajstić information content (AvgIpc) is 2.48. The Hall–Kier alpha value is -1.47. The first kappa shape index (κ1) is 12.6. The van der Waals surface area contributed by atoms with Crippen LogP contribution in [0.25, 0.3) is 0 Å². The monoisotopic (exact) mass is 266 g/mol. The standard InChI is InChI=1S/C18H18S/c1-14-12-17(15-8-4-2-5-9-15)13-18(19-14)16-10-6-3-7-11-16/h2-12,17-18H,13H2,1H3. The van der Waals surface area contributed by atoms with Gasteiger partial charge in [0.15, 0.2) is 0 Å². The third kappa shape index (κ3) is 2.93. The van der Waals surface area contributed by atoms with Crippen molar-refractivity contribution in [1.82, 2.24) is 0 Å². The number of hydrogen-bond donors (Lipinski definition) is 0. The Bertz CT molecular complexity index is 557. The first-order chi connectivity index (χ1) is 9.33. The molecule has 0 aromatic heterocycles. The van der Waals surface area contributed by atoms with Gasteiger partial charge in [0.1, 0.15) is 0 Å². The minimum atomic E-state index is 0.549. The van der Waals surface area contributed by atoms with Gasteiger partial charge in [-0.05, 0) is 29.4 Å². The fraction of sp³-hybridized carbons (Fsp3) is 0.222. The Balaban J connectivity index is 1.87. The van der Waals surface area contributed by atoms with Crippen LogP contribution in [0.3, 0.4) is 0 Å². The molecular formula is C18H18S. The number of rotatable bonds is 2. The molecule has 0 spiro atoms. The van der Waals surface area contributed by atoms with Gasteiger partial charge in [0.2, 0.25) is 0 Å². The lowest BCUT2D eigenvalue weighted by atomic mass is 9.91. The van der Waals surface area contributed by atoms with E-state index in [1.165, 1.54) is 22.5 Å². The highest BCUT2D eigenvalue weighted by Crippen LogP contribution is 2.46. The summed E-state index contributed by atoms with van der Waals surface area (Å²) in [5.74, 6) is 0.549. The van der Waals surface area contributed by atoms with Gasteiger partial charge in [-0.3, -0.25) is 0 Å². The molecule has 1 heteroatoms. The van der Waals surface area contributed by atoms with Crippen molar-refractivity contribution in [1.29, 1.82) is 0 Å². The van der Waals surface area contributed by atoms with Gasteiger partial charge < -0.3 is 0 Å². The number of allylic oxidation sites excluding steroid dienone is 2. The summed E-state index contributed by atoms with van der Waals surface area (Å²) in [5.41, 5.74) is 2.88. The molecule has 0 aliphatic carbocycles. The number of benzene rings is 2. The van der Waals surface area contributed by atoms with Crippen LogP contribution in [0.4, 0.5) is 0 Å². The van der Waals surface area contributed by atoms with E-state index in [4.69, 9.17) is 0 Å². The molecule has 0 saturated carbocycles. The van der Waals surface area contributed by atoms with E-state index in [-0.39, 0.29) is 0 Å². The van der Waals surface area contributed by atoms with Crippen LogP contribution in [-0.4, -0.2) is 0 Å². The normalized spacial score (nSPS) is 22.9. The van der Waals surface area contributed by atoms with E-state index >= 15 is 0 Å². The SMILES string of the molecule is CC1=CC(c2ccccc2)CC(c2ccccc2)S1. The summed E-state index contributed by atoms with van der Waals surface area (Å²) in [4.78, 5) is 1.44. The highest BCUT2D eigenvalue weighted by molar-refractivity contribution is 8.03. The molecule has 1 aliphatic heterocycles. The van der Waals surface area contributed by atoms with E-state index in [0.29, 0.717) is 11.2 Å². The van der Waals surface area contributed by atoms with Crippen LogP contribution in [-0.2, 0) is 0 Å². The van der Waals surface area contributed by atoms with Gasteiger partial charge in [-0.25, -0.2) is 0 Å². The summed E-state index contributed by atoms with van der Waals surface area (Å²) >= 11 is 2.00. The van der Waals surface area contributed by atoms with Crippen molar-refractivity contribution in [3.63, 3.8) is 0 Å². The first-order valence-electron chi connectivity index (χ1n) is 6.78. The lowest BCUT2D eigenvalue weighted by Crippen LogP contribution is -2.07. The predicted octanol–water partition coefficient (Wildman–Crippen LogP) is 5.55. The van der Waals surface area contributed by atoms with Crippen LogP contribution in [0.5, 0.6) is 0 Å². The quantitative estimate of drug-likeness (QED) is 0.686. The maximum Gasteiger partial charge on any atom is 0.0349 e. The molecular weight excluding hydrogens is 248 g/mol. The highest BCUT2D eigenvalue weighted by atomic mass is 32.2. The van der Waals surface area contributed by atoms with Gasteiger partial charge in [0.05, 0.1) is 0 Å². The van der Waals surface area contributed by atoms with E-state index in [2.05, 4.69) is 73.7 Å². The molecule has 96 valence electrons. The molecule has 0 bridgehead atoms. The molecule has 0 radical (unpaired) electrons. The minimum absolute atomic E-state index is 0.549. The van der Waals surface area contributed by atoms with Crippen molar-refractivity contribution in [3.05, 3.63) is 82.8 Å². The van der Waals surface area contributed by atoms with Crippen LogP contribution in [0.15, 0.2) is 71.6 Å². The molecule has 2 aromatic rings. The molecule has 1 heterocycles. The third-order valence-corrected chi connectivity index (χ3v) is 4.89. The summed E-state index contributed by atoms with van der Waals surface area (Å²) in [6.45, 7) is 2.23. The average molecular weight is 266 g/mol. The zero-order valence-electron chi connectivity index (χ0n) is 11.1.